The maximum atomic E-state index is 9.85. The summed E-state index contributed by atoms with van der Waals surface area (Å²) >= 11 is 0. The maximum Gasteiger partial charge on any atom is 0.508 e. The highest BCUT2D eigenvalue weighted by Crippen LogP contribution is 2.00. The predicted octanol–water partition coefficient (Wildman–Crippen LogP) is 1.91. The zero-order valence-electron chi connectivity index (χ0n) is 7.23. The van der Waals surface area contributed by atoms with Crippen molar-refractivity contribution < 1.29 is 29.3 Å². The van der Waals surface area contributed by atoms with Gasteiger partial charge in [0.25, 0.3) is 6.29 Å². The maximum absolute atomic E-state index is 9.85. The summed E-state index contributed by atoms with van der Waals surface area (Å²) in [6, 6.07) is 0. The average molecular weight is 192 g/mol. The molecule has 0 aromatic carbocycles. The van der Waals surface area contributed by atoms with Gasteiger partial charge in [0.1, 0.15) is 0 Å². The number of carboxylic acid groups (broad SMARTS) is 2. The Hall–Kier alpha value is -1.72. The van der Waals surface area contributed by atoms with Gasteiger partial charge in [-0.1, -0.05) is 6.92 Å². The molecule has 0 aromatic rings. The standard InChI is InChI=1S/C5H8O6.C2H4/c1-2-3(10-4(6)7)11-5(8)9;1-2/h3H,2H2,1H3,(H,6,7)(H,8,9);1-2H2. The molecule has 0 bridgehead atoms. The lowest BCUT2D eigenvalue weighted by molar-refractivity contribution is -0.0917. The van der Waals surface area contributed by atoms with Crippen LogP contribution in [0.25, 0.3) is 0 Å². The largest absolute Gasteiger partial charge is 0.508 e. The molecule has 2 N–H and O–H groups in total. The van der Waals surface area contributed by atoms with Crippen LogP contribution in [-0.2, 0) is 9.47 Å². The minimum atomic E-state index is -1.56. The van der Waals surface area contributed by atoms with Crippen LogP contribution in [0.4, 0.5) is 9.59 Å². The van der Waals surface area contributed by atoms with Crippen LogP contribution in [0.15, 0.2) is 13.2 Å². The van der Waals surface area contributed by atoms with Crippen LogP contribution in [0.3, 0.4) is 0 Å². The molecule has 0 fully saturated rings. The summed E-state index contributed by atoms with van der Waals surface area (Å²) in [6.07, 6.45) is -4.19. The number of ether oxygens (including phenoxy) is 2. The molecule has 0 aliphatic heterocycles. The van der Waals surface area contributed by atoms with E-state index in [1.807, 2.05) is 0 Å². The van der Waals surface area contributed by atoms with Crippen molar-refractivity contribution in [2.75, 3.05) is 0 Å². The first-order chi connectivity index (χ1) is 6.06. The van der Waals surface area contributed by atoms with Gasteiger partial charge < -0.3 is 19.7 Å². The Morgan fingerprint density at radius 3 is 1.69 bits per heavy atom. The Morgan fingerprint density at radius 1 is 1.23 bits per heavy atom. The molecule has 0 unspecified atom stereocenters. The summed E-state index contributed by atoms with van der Waals surface area (Å²) < 4.78 is 8.05. The lowest BCUT2D eigenvalue weighted by Crippen LogP contribution is -2.22. The lowest BCUT2D eigenvalue weighted by atomic mass is 10.5. The summed E-state index contributed by atoms with van der Waals surface area (Å²) in [5.41, 5.74) is 0. The quantitative estimate of drug-likeness (QED) is 0.403. The van der Waals surface area contributed by atoms with Crippen molar-refractivity contribution in [2.45, 2.75) is 19.6 Å². The summed E-state index contributed by atoms with van der Waals surface area (Å²) in [6.45, 7) is 7.54. The summed E-state index contributed by atoms with van der Waals surface area (Å²) in [5.74, 6) is 0. The van der Waals surface area contributed by atoms with E-state index in [2.05, 4.69) is 22.6 Å². The van der Waals surface area contributed by atoms with Gasteiger partial charge in [-0.25, -0.2) is 9.59 Å². The number of rotatable bonds is 3. The van der Waals surface area contributed by atoms with Gasteiger partial charge in [0.2, 0.25) is 0 Å². The predicted molar refractivity (Wildman–Crippen MR) is 43.6 cm³/mol. The average Bonchev–Trinajstić information content (AvgIpc) is 2.05. The molecule has 6 nitrogen and oxygen atoms in total. The first kappa shape index (κ1) is 13.8. The molecule has 0 saturated heterocycles. The van der Waals surface area contributed by atoms with Gasteiger partial charge in [0.05, 0.1) is 0 Å². The van der Waals surface area contributed by atoms with Crippen molar-refractivity contribution in [3.63, 3.8) is 0 Å². The molecule has 0 saturated carbocycles. The Balaban J connectivity index is 0. The van der Waals surface area contributed by atoms with E-state index >= 15 is 0 Å². The van der Waals surface area contributed by atoms with Gasteiger partial charge in [-0.2, -0.15) is 0 Å². The monoisotopic (exact) mass is 192 g/mol. The summed E-state index contributed by atoms with van der Waals surface area (Å²) in [7, 11) is 0. The molecule has 0 rings (SSSR count). The number of hydrogen-bond donors (Lipinski definition) is 2. The highest BCUT2D eigenvalue weighted by molar-refractivity contribution is 5.59. The highest BCUT2D eigenvalue weighted by Gasteiger charge is 2.14. The first-order valence-electron chi connectivity index (χ1n) is 3.35. The third kappa shape index (κ3) is 10.3. The van der Waals surface area contributed by atoms with E-state index in [0.717, 1.165) is 0 Å². The van der Waals surface area contributed by atoms with Crippen molar-refractivity contribution in [2.24, 2.45) is 0 Å². The van der Waals surface area contributed by atoms with Crippen molar-refractivity contribution >= 4 is 12.3 Å². The molecule has 0 heterocycles. The second-order valence-corrected chi connectivity index (χ2v) is 1.61. The lowest BCUT2D eigenvalue weighted by Gasteiger charge is -2.11. The van der Waals surface area contributed by atoms with Crippen molar-refractivity contribution in [3.05, 3.63) is 13.2 Å². The summed E-state index contributed by atoms with van der Waals surface area (Å²) in [5, 5.41) is 16.1. The molecule has 6 heteroatoms. The fourth-order valence-electron chi connectivity index (χ4n) is 0.416. The second-order valence-electron chi connectivity index (χ2n) is 1.61. The van der Waals surface area contributed by atoms with Crippen LogP contribution in [0.5, 0.6) is 0 Å². The molecule has 0 aromatic heterocycles. The molecule has 0 spiro atoms. The van der Waals surface area contributed by atoms with Crippen molar-refractivity contribution in [1.82, 2.24) is 0 Å². The SMILES string of the molecule is C=C.CCC(OC(=O)O)OC(=O)O. The third-order valence-electron chi connectivity index (χ3n) is 0.798. The third-order valence-corrected chi connectivity index (χ3v) is 0.798. The van der Waals surface area contributed by atoms with E-state index in [1.165, 1.54) is 6.92 Å². The smallest absolute Gasteiger partial charge is 0.450 e. The Bertz CT molecular complexity index is 150. The Labute approximate surface area is 75.4 Å². The fourth-order valence-corrected chi connectivity index (χ4v) is 0.416. The van der Waals surface area contributed by atoms with E-state index in [4.69, 9.17) is 10.2 Å². The normalized spacial score (nSPS) is 8.15. The minimum Gasteiger partial charge on any atom is -0.450 e. The second kappa shape index (κ2) is 8.38. The topological polar surface area (TPSA) is 93.1 Å². The molecule has 13 heavy (non-hydrogen) atoms. The van der Waals surface area contributed by atoms with Gasteiger partial charge >= 0.3 is 12.3 Å². The summed E-state index contributed by atoms with van der Waals surface area (Å²) in [4.78, 5) is 19.7. The van der Waals surface area contributed by atoms with Crippen molar-refractivity contribution in [1.29, 1.82) is 0 Å². The molecular formula is C7H12O6. The van der Waals surface area contributed by atoms with Gasteiger partial charge in [0.15, 0.2) is 0 Å². The van der Waals surface area contributed by atoms with Crippen LogP contribution in [0.2, 0.25) is 0 Å². The molecule has 76 valence electrons. The van der Waals surface area contributed by atoms with Crippen LogP contribution < -0.4 is 0 Å². The van der Waals surface area contributed by atoms with E-state index < -0.39 is 18.6 Å². The molecule has 0 radical (unpaired) electrons. The molecule has 0 aliphatic carbocycles. The Kier molecular flexibility index (Phi) is 8.92. The highest BCUT2D eigenvalue weighted by atomic mass is 16.8. The van der Waals surface area contributed by atoms with Gasteiger partial charge in [-0.05, 0) is 0 Å². The number of hydrogen-bond acceptors (Lipinski definition) is 4. The zero-order chi connectivity index (χ0) is 10.9. The Morgan fingerprint density at radius 2 is 1.54 bits per heavy atom. The molecular weight excluding hydrogens is 180 g/mol. The molecule has 0 aliphatic rings. The van der Waals surface area contributed by atoms with E-state index in [-0.39, 0.29) is 6.42 Å². The molecule has 0 atom stereocenters. The van der Waals surface area contributed by atoms with Crippen LogP contribution >= 0.6 is 0 Å². The zero-order valence-corrected chi connectivity index (χ0v) is 7.23. The van der Waals surface area contributed by atoms with Crippen LogP contribution in [0, 0.1) is 0 Å². The molecule has 0 amide bonds. The van der Waals surface area contributed by atoms with Gasteiger partial charge in [0, 0.05) is 6.42 Å². The first-order valence-corrected chi connectivity index (χ1v) is 3.35. The van der Waals surface area contributed by atoms with E-state index in [0.29, 0.717) is 0 Å². The van der Waals surface area contributed by atoms with Crippen LogP contribution in [-0.4, -0.2) is 28.8 Å². The minimum absolute atomic E-state index is 0.151. The van der Waals surface area contributed by atoms with E-state index in [1.54, 1.807) is 0 Å². The van der Waals surface area contributed by atoms with Gasteiger partial charge in [-0.3, -0.25) is 0 Å². The number of carbonyl (C=O) groups is 2. The van der Waals surface area contributed by atoms with Crippen LogP contribution in [0.1, 0.15) is 13.3 Å². The van der Waals surface area contributed by atoms with Crippen molar-refractivity contribution in [3.8, 4) is 0 Å². The van der Waals surface area contributed by atoms with Gasteiger partial charge in [-0.15, -0.1) is 13.2 Å². The fraction of sp³-hybridized carbons (Fsp3) is 0.429. The van der Waals surface area contributed by atoms with E-state index in [9.17, 15) is 9.59 Å².